The number of hydrogen-bond acceptors (Lipinski definition) is 2. The van der Waals surface area contributed by atoms with Gasteiger partial charge in [-0.1, -0.05) is 36.4 Å². The molecule has 0 aliphatic carbocycles. The number of amides is 1. The van der Waals surface area contributed by atoms with Crippen LogP contribution >= 0.6 is 0 Å². The summed E-state index contributed by atoms with van der Waals surface area (Å²) in [5.41, 5.74) is 5.99. The van der Waals surface area contributed by atoms with Crippen molar-refractivity contribution in [3.63, 3.8) is 0 Å². The Morgan fingerprint density at radius 2 is 1.62 bits per heavy atom. The number of aromatic nitrogens is 2. The van der Waals surface area contributed by atoms with Crippen molar-refractivity contribution in [1.29, 1.82) is 0 Å². The molecule has 148 valence electrons. The zero-order valence-corrected chi connectivity index (χ0v) is 16.7. The van der Waals surface area contributed by atoms with Crippen molar-refractivity contribution in [2.75, 3.05) is 26.2 Å². The van der Waals surface area contributed by atoms with Gasteiger partial charge in [0.2, 0.25) is 5.91 Å². The van der Waals surface area contributed by atoms with Crippen LogP contribution in [0.1, 0.15) is 16.8 Å². The van der Waals surface area contributed by atoms with E-state index < -0.39 is 0 Å². The van der Waals surface area contributed by atoms with Crippen molar-refractivity contribution in [3.05, 3.63) is 71.5 Å². The summed E-state index contributed by atoms with van der Waals surface area (Å²) in [4.78, 5) is 24.1. The van der Waals surface area contributed by atoms with Crippen LogP contribution in [0, 0.1) is 6.92 Å². The largest absolute Gasteiger partial charge is 0.361 e. The molecule has 2 N–H and O–H groups in total. The molecule has 29 heavy (non-hydrogen) atoms. The number of hydrogen-bond donors (Lipinski definition) is 2. The van der Waals surface area contributed by atoms with E-state index in [9.17, 15) is 4.79 Å². The number of fused-ring (bicyclic) bond motifs is 2. The van der Waals surface area contributed by atoms with Crippen LogP contribution in [0.2, 0.25) is 0 Å². The van der Waals surface area contributed by atoms with E-state index in [0.29, 0.717) is 6.42 Å². The standard InChI is InChI=1S/C24H26N4O/c1-17-21(20-7-3-5-9-23(20)26-17)16-27-10-12-28(13-11-27)24(29)14-18-15-25-22-8-4-2-6-19(18)22/h2-9,15,25-26H,10-14,16H2,1H3. The Kier molecular flexibility index (Phi) is 4.60. The normalized spacial score (nSPS) is 15.4. The fourth-order valence-corrected chi connectivity index (χ4v) is 4.47. The molecule has 1 aliphatic rings. The third kappa shape index (κ3) is 3.42. The number of nitrogens with one attached hydrogen (secondary N) is 2. The van der Waals surface area contributed by atoms with Crippen molar-refractivity contribution in [2.45, 2.75) is 19.9 Å². The highest BCUT2D eigenvalue weighted by Gasteiger charge is 2.23. The van der Waals surface area contributed by atoms with Gasteiger partial charge >= 0.3 is 0 Å². The summed E-state index contributed by atoms with van der Waals surface area (Å²) in [7, 11) is 0. The van der Waals surface area contributed by atoms with Gasteiger partial charge in [-0.25, -0.2) is 0 Å². The fraction of sp³-hybridized carbons (Fsp3) is 0.292. The van der Waals surface area contributed by atoms with E-state index in [2.05, 4.69) is 58.2 Å². The van der Waals surface area contributed by atoms with Crippen LogP contribution < -0.4 is 0 Å². The number of carbonyl (C=O) groups is 1. The lowest BCUT2D eigenvalue weighted by molar-refractivity contribution is -0.132. The van der Waals surface area contributed by atoms with Crippen LogP contribution in [-0.2, 0) is 17.8 Å². The number of nitrogens with zero attached hydrogens (tertiary/aromatic N) is 2. The molecule has 2 aromatic carbocycles. The highest BCUT2D eigenvalue weighted by Crippen LogP contribution is 2.24. The topological polar surface area (TPSA) is 55.1 Å². The van der Waals surface area contributed by atoms with Crippen molar-refractivity contribution >= 4 is 27.7 Å². The molecule has 0 saturated carbocycles. The van der Waals surface area contributed by atoms with Crippen molar-refractivity contribution in [3.8, 4) is 0 Å². The van der Waals surface area contributed by atoms with Gasteiger partial charge in [-0.3, -0.25) is 9.69 Å². The first-order valence-corrected chi connectivity index (χ1v) is 10.3. The molecule has 5 rings (SSSR count). The van der Waals surface area contributed by atoms with Gasteiger partial charge in [0.15, 0.2) is 0 Å². The lowest BCUT2D eigenvalue weighted by Gasteiger charge is -2.35. The summed E-state index contributed by atoms with van der Waals surface area (Å²) in [5.74, 6) is 0.220. The lowest BCUT2D eigenvalue weighted by atomic mass is 10.1. The second-order valence-electron chi connectivity index (χ2n) is 7.97. The van der Waals surface area contributed by atoms with E-state index in [0.717, 1.165) is 49.2 Å². The first-order chi connectivity index (χ1) is 14.2. The van der Waals surface area contributed by atoms with Crippen LogP contribution in [0.25, 0.3) is 21.8 Å². The van der Waals surface area contributed by atoms with Crippen molar-refractivity contribution in [2.24, 2.45) is 0 Å². The molecular weight excluding hydrogens is 360 g/mol. The Morgan fingerprint density at radius 1 is 0.931 bits per heavy atom. The fourth-order valence-electron chi connectivity index (χ4n) is 4.47. The van der Waals surface area contributed by atoms with Gasteiger partial charge in [0, 0.05) is 66.4 Å². The van der Waals surface area contributed by atoms with Gasteiger partial charge < -0.3 is 14.9 Å². The predicted molar refractivity (Wildman–Crippen MR) is 117 cm³/mol. The molecule has 4 aromatic rings. The molecule has 1 fully saturated rings. The Morgan fingerprint density at radius 3 is 2.41 bits per heavy atom. The van der Waals surface area contributed by atoms with E-state index >= 15 is 0 Å². The van der Waals surface area contributed by atoms with E-state index in [1.807, 2.05) is 23.2 Å². The zero-order valence-electron chi connectivity index (χ0n) is 16.7. The number of aromatic amines is 2. The van der Waals surface area contributed by atoms with E-state index in [1.165, 1.54) is 22.2 Å². The Bertz CT molecular complexity index is 1160. The molecular formula is C24H26N4O. The van der Waals surface area contributed by atoms with Crippen LogP contribution in [-0.4, -0.2) is 51.9 Å². The first-order valence-electron chi connectivity index (χ1n) is 10.3. The summed E-state index contributed by atoms with van der Waals surface area (Å²) in [6.07, 6.45) is 2.43. The number of benzene rings is 2. The molecule has 3 heterocycles. The van der Waals surface area contributed by atoms with Crippen LogP contribution in [0.4, 0.5) is 0 Å². The van der Waals surface area contributed by atoms with Gasteiger partial charge in [-0.05, 0) is 30.2 Å². The molecule has 1 aliphatic heterocycles. The van der Waals surface area contributed by atoms with Crippen LogP contribution in [0.15, 0.2) is 54.7 Å². The number of rotatable bonds is 4. The SMILES string of the molecule is Cc1[nH]c2ccccc2c1CN1CCN(C(=O)Cc2c[nH]c3ccccc23)CC1. The maximum atomic E-state index is 12.9. The number of H-pyrrole nitrogens is 2. The third-order valence-corrected chi connectivity index (χ3v) is 6.15. The van der Waals surface area contributed by atoms with Gasteiger partial charge in [0.05, 0.1) is 6.42 Å². The highest BCUT2D eigenvalue weighted by molar-refractivity contribution is 5.89. The number of aryl methyl sites for hydroxylation is 1. The Hall–Kier alpha value is -3.05. The van der Waals surface area contributed by atoms with Gasteiger partial charge in [-0.15, -0.1) is 0 Å². The van der Waals surface area contributed by atoms with E-state index in [1.54, 1.807) is 0 Å². The van der Waals surface area contributed by atoms with Gasteiger partial charge in [-0.2, -0.15) is 0 Å². The first kappa shape index (κ1) is 18.0. The number of piperazine rings is 1. The number of carbonyl (C=O) groups excluding carboxylic acids is 1. The van der Waals surface area contributed by atoms with Gasteiger partial charge in [0.25, 0.3) is 0 Å². The molecule has 0 atom stereocenters. The summed E-state index contributed by atoms with van der Waals surface area (Å²) >= 11 is 0. The monoisotopic (exact) mass is 386 g/mol. The number of para-hydroxylation sites is 2. The molecule has 2 aromatic heterocycles. The minimum atomic E-state index is 0.220. The summed E-state index contributed by atoms with van der Waals surface area (Å²) in [6, 6.07) is 16.7. The summed E-state index contributed by atoms with van der Waals surface area (Å²) < 4.78 is 0. The Labute approximate surface area is 170 Å². The third-order valence-electron chi connectivity index (χ3n) is 6.15. The summed E-state index contributed by atoms with van der Waals surface area (Å²) in [6.45, 7) is 6.50. The van der Waals surface area contributed by atoms with Crippen LogP contribution in [0.5, 0.6) is 0 Å². The molecule has 0 spiro atoms. The second-order valence-corrected chi connectivity index (χ2v) is 7.97. The lowest BCUT2D eigenvalue weighted by Crippen LogP contribution is -2.48. The van der Waals surface area contributed by atoms with E-state index in [-0.39, 0.29) is 5.91 Å². The van der Waals surface area contributed by atoms with E-state index in [4.69, 9.17) is 0 Å². The second kappa shape index (κ2) is 7.41. The molecule has 1 saturated heterocycles. The minimum Gasteiger partial charge on any atom is -0.361 e. The van der Waals surface area contributed by atoms with Crippen LogP contribution in [0.3, 0.4) is 0 Å². The minimum absolute atomic E-state index is 0.220. The molecule has 1 amide bonds. The quantitative estimate of drug-likeness (QED) is 0.560. The average molecular weight is 386 g/mol. The Balaban J connectivity index is 1.22. The molecule has 5 heteroatoms. The highest BCUT2D eigenvalue weighted by atomic mass is 16.2. The average Bonchev–Trinajstić information content (AvgIpc) is 3.29. The molecule has 0 bridgehead atoms. The maximum Gasteiger partial charge on any atom is 0.227 e. The molecule has 0 radical (unpaired) electrons. The molecule has 0 unspecified atom stereocenters. The molecule has 5 nitrogen and oxygen atoms in total. The smallest absolute Gasteiger partial charge is 0.227 e. The maximum absolute atomic E-state index is 12.9. The predicted octanol–water partition coefficient (Wildman–Crippen LogP) is 3.84. The zero-order chi connectivity index (χ0) is 19.8. The summed E-state index contributed by atoms with van der Waals surface area (Å²) in [5, 5.41) is 2.46. The van der Waals surface area contributed by atoms with Crippen molar-refractivity contribution in [1.82, 2.24) is 19.8 Å². The van der Waals surface area contributed by atoms with Gasteiger partial charge in [0.1, 0.15) is 0 Å². The van der Waals surface area contributed by atoms with Crippen molar-refractivity contribution < 1.29 is 4.79 Å².